The number of nitrogens with one attached hydrogen (secondary N) is 2. The van der Waals surface area contributed by atoms with Crippen LogP contribution in [0.5, 0.6) is 0 Å². The Bertz CT molecular complexity index is 729. The Labute approximate surface area is 140 Å². The molecule has 1 heterocycles. The maximum absolute atomic E-state index is 12.2. The molecule has 1 aromatic heterocycles. The summed E-state index contributed by atoms with van der Waals surface area (Å²) in [6.45, 7) is 5.26. The molecule has 1 aromatic carbocycles. The Morgan fingerprint density at radius 1 is 1.17 bits per heavy atom. The molecule has 0 aliphatic rings. The van der Waals surface area contributed by atoms with Crippen LogP contribution in [0.4, 0.5) is 0 Å². The number of carbonyl (C=O) groups is 2. The van der Waals surface area contributed by atoms with Crippen molar-refractivity contribution >= 4 is 11.8 Å². The minimum absolute atomic E-state index is 0.285. The van der Waals surface area contributed by atoms with Crippen LogP contribution in [0.1, 0.15) is 32.4 Å². The number of carbonyl (C=O) groups excluding carboxylic acids is 2. The SMILES string of the molecule is Cn1cc(-c2ccc(C(NC(=O)C(C)(C)C)C(=O)NO)cc2)cn1. The number of hydrogen-bond donors (Lipinski definition) is 3. The van der Waals surface area contributed by atoms with Gasteiger partial charge in [-0.3, -0.25) is 19.5 Å². The van der Waals surface area contributed by atoms with E-state index in [-0.39, 0.29) is 5.91 Å². The molecule has 7 nitrogen and oxygen atoms in total. The van der Waals surface area contributed by atoms with E-state index in [1.165, 1.54) is 0 Å². The van der Waals surface area contributed by atoms with Crippen LogP contribution in [0.2, 0.25) is 0 Å². The lowest BCUT2D eigenvalue weighted by Crippen LogP contribution is -2.43. The van der Waals surface area contributed by atoms with Crippen molar-refractivity contribution in [1.29, 1.82) is 0 Å². The van der Waals surface area contributed by atoms with Crippen molar-refractivity contribution in [2.45, 2.75) is 26.8 Å². The number of rotatable bonds is 4. The van der Waals surface area contributed by atoms with Crippen molar-refractivity contribution in [2.24, 2.45) is 12.5 Å². The van der Waals surface area contributed by atoms with Gasteiger partial charge in [0.05, 0.1) is 6.20 Å². The third kappa shape index (κ3) is 3.99. The second-order valence-corrected chi connectivity index (χ2v) is 6.66. The summed E-state index contributed by atoms with van der Waals surface area (Å²) in [5.74, 6) is -0.978. The van der Waals surface area contributed by atoms with E-state index in [9.17, 15) is 9.59 Å². The molecule has 7 heteroatoms. The highest BCUT2D eigenvalue weighted by Crippen LogP contribution is 2.23. The second-order valence-electron chi connectivity index (χ2n) is 6.66. The fraction of sp³-hybridized carbons (Fsp3) is 0.353. The van der Waals surface area contributed by atoms with Crippen LogP contribution in [0.25, 0.3) is 11.1 Å². The summed E-state index contributed by atoms with van der Waals surface area (Å²) >= 11 is 0. The van der Waals surface area contributed by atoms with Gasteiger partial charge < -0.3 is 5.32 Å². The molecule has 2 rings (SSSR count). The number of amides is 2. The Kier molecular flexibility index (Phi) is 5.04. The highest BCUT2D eigenvalue weighted by atomic mass is 16.5. The molecule has 0 saturated carbocycles. The first-order chi connectivity index (χ1) is 11.2. The third-order valence-corrected chi connectivity index (χ3v) is 3.61. The second kappa shape index (κ2) is 6.84. The lowest BCUT2D eigenvalue weighted by molar-refractivity contribution is -0.137. The number of hydrogen-bond acceptors (Lipinski definition) is 4. The van der Waals surface area contributed by atoms with E-state index in [1.54, 1.807) is 49.3 Å². The van der Waals surface area contributed by atoms with E-state index in [2.05, 4.69) is 10.4 Å². The van der Waals surface area contributed by atoms with Crippen LogP contribution < -0.4 is 10.8 Å². The summed E-state index contributed by atoms with van der Waals surface area (Å²) in [5, 5.41) is 15.7. The highest BCUT2D eigenvalue weighted by Gasteiger charge is 2.28. The molecule has 1 atom stereocenters. The van der Waals surface area contributed by atoms with Crippen molar-refractivity contribution < 1.29 is 14.8 Å². The van der Waals surface area contributed by atoms with Crippen LogP contribution in [0.3, 0.4) is 0 Å². The Morgan fingerprint density at radius 3 is 2.25 bits per heavy atom. The molecule has 0 spiro atoms. The van der Waals surface area contributed by atoms with Crippen LogP contribution in [-0.2, 0) is 16.6 Å². The zero-order chi connectivity index (χ0) is 17.9. The molecular weight excluding hydrogens is 308 g/mol. The van der Waals surface area contributed by atoms with E-state index < -0.39 is 17.4 Å². The molecule has 128 valence electrons. The van der Waals surface area contributed by atoms with Gasteiger partial charge in [0.2, 0.25) is 5.91 Å². The topological polar surface area (TPSA) is 96.2 Å². The van der Waals surface area contributed by atoms with Gasteiger partial charge in [0.15, 0.2) is 0 Å². The Morgan fingerprint density at radius 2 is 1.79 bits per heavy atom. The Hall–Kier alpha value is -2.67. The maximum atomic E-state index is 12.2. The monoisotopic (exact) mass is 330 g/mol. The van der Waals surface area contributed by atoms with Gasteiger partial charge in [-0.25, -0.2) is 5.48 Å². The lowest BCUT2D eigenvalue weighted by Gasteiger charge is -2.23. The number of nitrogens with zero attached hydrogens (tertiary/aromatic N) is 2. The van der Waals surface area contributed by atoms with E-state index >= 15 is 0 Å². The van der Waals surface area contributed by atoms with Crippen molar-refractivity contribution in [3.8, 4) is 11.1 Å². The average Bonchev–Trinajstić information content (AvgIpc) is 2.97. The van der Waals surface area contributed by atoms with Gasteiger partial charge in [-0.2, -0.15) is 5.10 Å². The first kappa shape index (κ1) is 17.7. The minimum atomic E-state index is -0.968. The number of hydroxylamine groups is 1. The molecule has 3 N–H and O–H groups in total. The molecule has 24 heavy (non-hydrogen) atoms. The molecule has 2 aromatic rings. The molecule has 0 aliphatic carbocycles. The molecule has 0 bridgehead atoms. The molecule has 0 saturated heterocycles. The number of benzene rings is 1. The van der Waals surface area contributed by atoms with Gasteiger partial charge in [-0.05, 0) is 11.1 Å². The summed E-state index contributed by atoms with van der Waals surface area (Å²) in [5.41, 5.74) is 3.42. The van der Waals surface area contributed by atoms with Gasteiger partial charge in [0.1, 0.15) is 6.04 Å². The number of aromatic nitrogens is 2. The van der Waals surface area contributed by atoms with Gasteiger partial charge in [0, 0.05) is 24.2 Å². The van der Waals surface area contributed by atoms with Gasteiger partial charge in [0.25, 0.3) is 5.91 Å². The zero-order valence-electron chi connectivity index (χ0n) is 14.2. The van der Waals surface area contributed by atoms with Gasteiger partial charge in [-0.15, -0.1) is 0 Å². The van der Waals surface area contributed by atoms with Crippen LogP contribution in [-0.4, -0.2) is 26.8 Å². The number of aryl methyl sites for hydroxylation is 1. The van der Waals surface area contributed by atoms with Crippen molar-refractivity contribution in [2.75, 3.05) is 0 Å². The largest absolute Gasteiger partial charge is 0.340 e. The van der Waals surface area contributed by atoms with E-state index in [0.717, 1.165) is 11.1 Å². The molecule has 0 aliphatic heterocycles. The molecule has 1 unspecified atom stereocenters. The summed E-state index contributed by atoms with van der Waals surface area (Å²) in [6.07, 6.45) is 3.63. The summed E-state index contributed by atoms with van der Waals surface area (Å²) in [6, 6.07) is 6.20. The first-order valence-corrected chi connectivity index (χ1v) is 7.56. The van der Waals surface area contributed by atoms with Crippen LogP contribution >= 0.6 is 0 Å². The predicted octanol–water partition coefficient (Wildman–Crippen LogP) is 1.80. The quantitative estimate of drug-likeness (QED) is 0.588. The van der Waals surface area contributed by atoms with E-state index in [1.807, 2.05) is 25.4 Å². The summed E-state index contributed by atoms with van der Waals surface area (Å²) in [7, 11) is 1.83. The van der Waals surface area contributed by atoms with Crippen molar-refractivity contribution in [3.05, 3.63) is 42.2 Å². The average molecular weight is 330 g/mol. The zero-order valence-corrected chi connectivity index (χ0v) is 14.2. The standard InChI is InChI=1S/C17H22N4O3/c1-17(2,3)16(23)19-14(15(22)20-24)12-7-5-11(6-8-12)13-9-18-21(4)10-13/h5-10,14,24H,1-4H3,(H,19,23)(H,20,22). The summed E-state index contributed by atoms with van der Waals surface area (Å²) in [4.78, 5) is 24.1. The van der Waals surface area contributed by atoms with Crippen LogP contribution in [0, 0.1) is 5.41 Å². The smallest absolute Gasteiger partial charge is 0.270 e. The fourth-order valence-electron chi connectivity index (χ4n) is 2.15. The first-order valence-electron chi connectivity index (χ1n) is 7.56. The minimum Gasteiger partial charge on any atom is -0.340 e. The predicted molar refractivity (Wildman–Crippen MR) is 88.9 cm³/mol. The maximum Gasteiger partial charge on any atom is 0.270 e. The summed E-state index contributed by atoms with van der Waals surface area (Å²) < 4.78 is 1.70. The van der Waals surface area contributed by atoms with Gasteiger partial charge in [-0.1, -0.05) is 45.0 Å². The molecule has 0 fully saturated rings. The van der Waals surface area contributed by atoms with Gasteiger partial charge >= 0.3 is 0 Å². The molecular formula is C17H22N4O3. The lowest BCUT2D eigenvalue weighted by atomic mass is 9.94. The van der Waals surface area contributed by atoms with Crippen molar-refractivity contribution in [1.82, 2.24) is 20.6 Å². The van der Waals surface area contributed by atoms with Crippen LogP contribution in [0.15, 0.2) is 36.7 Å². The molecule has 0 radical (unpaired) electrons. The van der Waals surface area contributed by atoms with E-state index in [0.29, 0.717) is 5.56 Å². The van der Waals surface area contributed by atoms with Crippen molar-refractivity contribution in [3.63, 3.8) is 0 Å². The Balaban J connectivity index is 2.26. The molecule has 2 amide bonds. The highest BCUT2D eigenvalue weighted by molar-refractivity contribution is 5.90. The van der Waals surface area contributed by atoms with E-state index in [4.69, 9.17) is 5.21 Å². The normalized spacial score (nSPS) is 12.5. The fourth-order valence-corrected chi connectivity index (χ4v) is 2.15. The third-order valence-electron chi connectivity index (χ3n) is 3.61.